The number of aryl methyl sites for hydroxylation is 1. The Balaban J connectivity index is 2.05. The first-order chi connectivity index (χ1) is 14.7. The lowest BCUT2D eigenvalue weighted by molar-refractivity contribution is -0.140. The van der Waals surface area contributed by atoms with Gasteiger partial charge >= 0.3 is 18.2 Å². The zero-order chi connectivity index (χ0) is 24.3. The number of aromatic nitrogens is 2. The van der Waals surface area contributed by atoms with Crippen molar-refractivity contribution in [1.82, 2.24) is 14.5 Å². The number of hydrogen-bond acceptors (Lipinski definition) is 6. The minimum Gasteiger partial charge on any atom is -0.481 e. The van der Waals surface area contributed by atoms with E-state index in [9.17, 15) is 19.5 Å². The van der Waals surface area contributed by atoms with Crippen LogP contribution in [0.2, 0.25) is 0 Å². The largest absolute Gasteiger partial charge is 0.481 e. The highest BCUT2D eigenvalue weighted by Crippen LogP contribution is 2.56. The monoisotopic (exact) mass is 451 g/mol. The number of carboxylic acids is 1. The van der Waals surface area contributed by atoms with E-state index in [1.54, 1.807) is 47.9 Å². The molecule has 2 rings (SSSR count). The Bertz CT molecular complexity index is 808. The molecule has 1 aromatic heterocycles. The Morgan fingerprint density at radius 2 is 1.72 bits per heavy atom. The molecule has 1 heterocycles. The Morgan fingerprint density at radius 1 is 1.16 bits per heavy atom. The summed E-state index contributed by atoms with van der Waals surface area (Å²) in [6.07, 6.45) is 4.34. The van der Waals surface area contributed by atoms with Crippen LogP contribution in [0.1, 0.15) is 79.8 Å². The highest BCUT2D eigenvalue weighted by molar-refractivity contribution is 5.88. The molecule has 2 amide bonds. The molecule has 2 unspecified atom stereocenters. The Labute approximate surface area is 190 Å². The molecule has 9 heteroatoms. The van der Waals surface area contributed by atoms with Crippen molar-refractivity contribution in [1.29, 1.82) is 0 Å². The van der Waals surface area contributed by atoms with E-state index in [4.69, 9.17) is 9.47 Å². The normalized spacial score (nSPS) is 20.5. The molecule has 0 saturated heterocycles. The van der Waals surface area contributed by atoms with Crippen molar-refractivity contribution in [2.24, 2.45) is 5.92 Å². The van der Waals surface area contributed by atoms with E-state index in [0.29, 0.717) is 25.0 Å². The number of amides is 2. The third-order valence-electron chi connectivity index (χ3n) is 5.22. The first-order valence-corrected chi connectivity index (χ1v) is 11.2. The van der Waals surface area contributed by atoms with Crippen LogP contribution in [0.5, 0.6) is 0 Å². The number of hydrogen-bond donors (Lipinski definition) is 1. The fourth-order valence-electron chi connectivity index (χ4n) is 3.72. The topological polar surface area (TPSA) is 111 Å². The van der Waals surface area contributed by atoms with Gasteiger partial charge in [-0.25, -0.2) is 19.5 Å². The molecule has 1 N–H and O–H groups in total. The maximum Gasteiger partial charge on any atom is 0.419 e. The first kappa shape index (κ1) is 25.7. The van der Waals surface area contributed by atoms with Crippen LogP contribution in [0, 0.1) is 5.92 Å². The third kappa shape index (κ3) is 6.46. The molecule has 1 saturated carbocycles. The van der Waals surface area contributed by atoms with Gasteiger partial charge in [-0.05, 0) is 73.1 Å². The Kier molecular flexibility index (Phi) is 7.63. The molecule has 1 fully saturated rings. The van der Waals surface area contributed by atoms with Crippen molar-refractivity contribution in [3.63, 3.8) is 0 Å². The van der Waals surface area contributed by atoms with Crippen LogP contribution in [0.4, 0.5) is 9.59 Å². The summed E-state index contributed by atoms with van der Waals surface area (Å²) >= 11 is 0. The molecule has 0 bridgehead atoms. The summed E-state index contributed by atoms with van der Waals surface area (Å²) in [6, 6.07) is 0. The van der Waals surface area contributed by atoms with Crippen molar-refractivity contribution < 1.29 is 29.0 Å². The van der Waals surface area contributed by atoms with Gasteiger partial charge in [0.25, 0.3) is 0 Å². The second-order valence-electron chi connectivity index (χ2n) is 10.4. The van der Waals surface area contributed by atoms with Gasteiger partial charge in [0.05, 0.1) is 12.0 Å². The van der Waals surface area contributed by atoms with Crippen LogP contribution in [0.3, 0.4) is 0 Å². The van der Waals surface area contributed by atoms with Crippen LogP contribution in [-0.2, 0) is 26.2 Å². The van der Waals surface area contributed by atoms with Gasteiger partial charge in [0.1, 0.15) is 16.6 Å². The summed E-state index contributed by atoms with van der Waals surface area (Å²) in [5.74, 6) is -0.996. The average molecular weight is 452 g/mol. The van der Waals surface area contributed by atoms with E-state index in [1.165, 1.54) is 0 Å². The summed E-state index contributed by atoms with van der Waals surface area (Å²) in [4.78, 5) is 42.6. The molecule has 9 nitrogen and oxygen atoms in total. The second-order valence-corrected chi connectivity index (χ2v) is 10.4. The van der Waals surface area contributed by atoms with Gasteiger partial charge in [0.2, 0.25) is 0 Å². The van der Waals surface area contributed by atoms with Gasteiger partial charge in [0.15, 0.2) is 0 Å². The van der Waals surface area contributed by atoms with E-state index < -0.39 is 34.8 Å². The lowest BCUT2D eigenvalue weighted by Gasteiger charge is -2.28. The van der Waals surface area contributed by atoms with Gasteiger partial charge in [0, 0.05) is 19.3 Å². The van der Waals surface area contributed by atoms with Crippen molar-refractivity contribution in [3.05, 3.63) is 18.2 Å². The zero-order valence-electron chi connectivity index (χ0n) is 20.3. The Hall–Kier alpha value is -2.58. The summed E-state index contributed by atoms with van der Waals surface area (Å²) < 4.78 is 12.6. The fraction of sp³-hybridized carbons (Fsp3) is 0.739. The molecule has 0 aromatic carbocycles. The van der Waals surface area contributed by atoms with Gasteiger partial charge in [-0.1, -0.05) is 6.92 Å². The lowest BCUT2D eigenvalue weighted by atomic mass is 9.97. The van der Waals surface area contributed by atoms with Crippen LogP contribution in [0.15, 0.2) is 12.5 Å². The minimum absolute atomic E-state index is 0.0836. The molecular weight excluding hydrogens is 414 g/mol. The van der Waals surface area contributed by atoms with Crippen LogP contribution >= 0.6 is 0 Å². The van der Waals surface area contributed by atoms with Gasteiger partial charge < -0.3 is 19.1 Å². The molecule has 1 aliphatic carbocycles. The van der Waals surface area contributed by atoms with E-state index in [2.05, 4.69) is 4.98 Å². The van der Waals surface area contributed by atoms with E-state index in [-0.39, 0.29) is 12.5 Å². The maximum absolute atomic E-state index is 12.6. The van der Waals surface area contributed by atoms with Crippen LogP contribution in [-0.4, -0.2) is 55.5 Å². The predicted molar refractivity (Wildman–Crippen MR) is 118 cm³/mol. The average Bonchev–Trinajstić information content (AvgIpc) is 3.16. The Morgan fingerprint density at radius 3 is 2.19 bits per heavy atom. The molecule has 2 atom stereocenters. The second kappa shape index (κ2) is 9.50. The number of ether oxygens (including phenoxy) is 2. The lowest BCUT2D eigenvalue weighted by Crippen LogP contribution is -2.44. The molecule has 0 radical (unpaired) electrons. The predicted octanol–water partition coefficient (Wildman–Crippen LogP) is 4.59. The zero-order valence-corrected chi connectivity index (χ0v) is 20.3. The van der Waals surface area contributed by atoms with Crippen molar-refractivity contribution in [3.8, 4) is 0 Å². The number of carboxylic acid groups (broad SMARTS) is 1. The minimum atomic E-state index is -0.998. The highest BCUT2D eigenvalue weighted by atomic mass is 16.6. The SMILES string of the molecule is CCCn1cnc(C2(C(=O)O)CC2CCCN(C(=O)OC(C)(C)C)C(=O)OC(C)(C)C)c1. The maximum atomic E-state index is 12.6. The first-order valence-electron chi connectivity index (χ1n) is 11.2. The van der Waals surface area contributed by atoms with E-state index >= 15 is 0 Å². The van der Waals surface area contributed by atoms with Crippen LogP contribution in [0.25, 0.3) is 0 Å². The highest BCUT2D eigenvalue weighted by Gasteiger charge is 2.62. The van der Waals surface area contributed by atoms with Crippen LogP contribution < -0.4 is 0 Å². The molecule has 0 aliphatic heterocycles. The molecule has 180 valence electrons. The fourth-order valence-corrected chi connectivity index (χ4v) is 3.72. The number of imide groups is 1. The van der Waals surface area contributed by atoms with Gasteiger partial charge in [-0.3, -0.25) is 4.79 Å². The summed E-state index contributed by atoms with van der Waals surface area (Å²) in [6.45, 7) is 13.3. The standard InChI is InChI=1S/C23H37N3O6/c1-8-11-25-14-17(24-15-25)23(18(27)28)13-16(23)10-9-12-26(19(29)31-21(2,3)4)20(30)32-22(5,6)7/h14-16H,8-13H2,1-7H3,(H,27,28). The van der Waals surface area contributed by atoms with Crippen molar-refractivity contribution >= 4 is 18.2 Å². The van der Waals surface area contributed by atoms with Gasteiger partial charge in [-0.2, -0.15) is 0 Å². The number of nitrogens with zero attached hydrogens (tertiary/aromatic N) is 3. The van der Waals surface area contributed by atoms with E-state index in [0.717, 1.165) is 17.9 Å². The smallest absolute Gasteiger partial charge is 0.419 e. The number of rotatable bonds is 8. The number of carbonyl (C=O) groups excluding carboxylic acids is 2. The third-order valence-corrected chi connectivity index (χ3v) is 5.22. The summed E-state index contributed by atoms with van der Waals surface area (Å²) in [5.41, 5.74) is -1.95. The van der Waals surface area contributed by atoms with Crippen molar-refractivity contribution in [2.45, 2.75) is 97.3 Å². The molecule has 1 aliphatic rings. The summed E-state index contributed by atoms with van der Waals surface area (Å²) in [7, 11) is 0. The number of carbonyl (C=O) groups is 3. The molecule has 32 heavy (non-hydrogen) atoms. The number of aliphatic carboxylic acids is 1. The molecular formula is C23H37N3O6. The molecule has 1 aromatic rings. The van der Waals surface area contributed by atoms with E-state index in [1.807, 2.05) is 17.7 Å². The summed E-state index contributed by atoms with van der Waals surface area (Å²) in [5, 5.41) is 9.90. The van der Waals surface area contributed by atoms with Gasteiger partial charge in [-0.15, -0.1) is 0 Å². The van der Waals surface area contributed by atoms with Crippen molar-refractivity contribution in [2.75, 3.05) is 6.54 Å². The molecule has 0 spiro atoms. The quantitative estimate of drug-likeness (QED) is 0.615. The number of imidazole rings is 1.